The van der Waals surface area contributed by atoms with Crippen molar-refractivity contribution < 1.29 is 61.3 Å². The molecule has 0 fully saturated rings. The van der Waals surface area contributed by atoms with Gasteiger partial charge in [-0.05, 0) is 11.5 Å². The maximum Gasteiger partial charge on any atom is 1.00 e. The van der Waals surface area contributed by atoms with Crippen molar-refractivity contribution in [3.05, 3.63) is 42.5 Å². The number of hydrogen-bond acceptors (Lipinski definition) is 2. The molecule has 0 spiro atoms. The van der Waals surface area contributed by atoms with Crippen LogP contribution in [0.15, 0.2) is 47.4 Å². The monoisotopic (exact) mass is 284 g/mol. The summed E-state index contributed by atoms with van der Waals surface area (Å²) in [7, 11) is -4.13. The maximum atomic E-state index is 11.0. The number of rotatable bonds is 1. The first-order chi connectivity index (χ1) is 6.59. The van der Waals surface area contributed by atoms with Crippen molar-refractivity contribution in [2.75, 3.05) is 0 Å². The third-order valence-electron chi connectivity index (χ3n) is 2.03. The Morgan fingerprint density at radius 2 is 1.56 bits per heavy atom. The van der Waals surface area contributed by atoms with Gasteiger partial charge in [0.2, 0.25) is 0 Å². The van der Waals surface area contributed by atoms with Crippen LogP contribution in [0.5, 0.6) is 0 Å². The Balaban J connectivity index is 0. The van der Waals surface area contributed by atoms with Gasteiger partial charge in [-0.1, -0.05) is 36.4 Å². The van der Waals surface area contributed by atoms with E-state index in [9.17, 15) is 8.42 Å². The molecule has 2 aromatic carbocycles. The molecule has 0 saturated carbocycles. The van der Waals surface area contributed by atoms with Crippen LogP contribution < -0.4 is 29.6 Å². The fourth-order valence-corrected chi connectivity index (χ4v) is 2.13. The van der Waals surface area contributed by atoms with Crippen molar-refractivity contribution in [3.63, 3.8) is 0 Å². The SMILES string of the molecule is O=S(=O)(O)c1cccc2ccccc12.[Cr].[H-].[Na+]. The molecule has 1 N–H and O–H groups in total. The van der Waals surface area contributed by atoms with Gasteiger partial charge in [0, 0.05) is 22.7 Å². The van der Waals surface area contributed by atoms with Crippen molar-refractivity contribution in [2.24, 2.45) is 0 Å². The van der Waals surface area contributed by atoms with Crippen LogP contribution >= 0.6 is 0 Å². The van der Waals surface area contributed by atoms with Crippen LogP contribution in [0.4, 0.5) is 0 Å². The summed E-state index contributed by atoms with van der Waals surface area (Å²) in [6, 6.07) is 11.8. The largest absolute Gasteiger partial charge is 1.00 e. The molecule has 0 aliphatic rings. The van der Waals surface area contributed by atoms with E-state index in [1.165, 1.54) is 6.07 Å². The van der Waals surface area contributed by atoms with E-state index in [4.69, 9.17) is 4.55 Å². The summed E-state index contributed by atoms with van der Waals surface area (Å²) in [6.07, 6.45) is 0. The van der Waals surface area contributed by atoms with Gasteiger partial charge in [-0.2, -0.15) is 8.42 Å². The molecule has 0 aromatic heterocycles. The minimum absolute atomic E-state index is 0. The van der Waals surface area contributed by atoms with Crippen molar-refractivity contribution >= 4 is 20.9 Å². The van der Waals surface area contributed by atoms with Crippen molar-refractivity contribution in [3.8, 4) is 0 Å². The summed E-state index contributed by atoms with van der Waals surface area (Å²) < 4.78 is 31.0. The zero-order chi connectivity index (χ0) is 10.2. The Hall–Kier alpha value is 0.142. The normalized spacial score (nSPS) is 10.3. The first-order valence-electron chi connectivity index (χ1n) is 4.04. The molecule has 0 atom stereocenters. The van der Waals surface area contributed by atoms with Crippen LogP contribution in [0.25, 0.3) is 10.8 Å². The van der Waals surface area contributed by atoms with Crippen LogP contribution in [0.2, 0.25) is 0 Å². The van der Waals surface area contributed by atoms with Crippen LogP contribution in [-0.2, 0) is 27.5 Å². The molecule has 0 aliphatic carbocycles. The summed E-state index contributed by atoms with van der Waals surface area (Å²) in [5.41, 5.74) is 0. The van der Waals surface area contributed by atoms with E-state index in [2.05, 4.69) is 0 Å². The molecule has 0 radical (unpaired) electrons. The Labute approximate surface area is 129 Å². The second-order valence-electron chi connectivity index (χ2n) is 2.95. The van der Waals surface area contributed by atoms with Gasteiger partial charge in [0.15, 0.2) is 0 Å². The van der Waals surface area contributed by atoms with Crippen molar-refractivity contribution in [1.29, 1.82) is 0 Å². The molecular weight excluding hydrogens is 275 g/mol. The minimum atomic E-state index is -4.13. The molecule has 0 heterocycles. The molecule has 2 rings (SSSR count). The van der Waals surface area contributed by atoms with E-state index in [0.717, 1.165) is 5.39 Å². The van der Waals surface area contributed by atoms with E-state index < -0.39 is 10.1 Å². The zero-order valence-corrected chi connectivity index (χ0v) is 12.7. The summed E-state index contributed by atoms with van der Waals surface area (Å²) in [5, 5.41) is 1.33. The Morgan fingerprint density at radius 1 is 1.00 bits per heavy atom. The van der Waals surface area contributed by atoms with Gasteiger partial charge in [-0.3, -0.25) is 4.55 Å². The maximum absolute atomic E-state index is 11.0. The molecule has 0 amide bonds. The van der Waals surface area contributed by atoms with E-state index in [1.807, 2.05) is 6.07 Å². The second-order valence-corrected chi connectivity index (χ2v) is 4.34. The Kier molecular flexibility index (Phi) is 6.23. The summed E-state index contributed by atoms with van der Waals surface area (Å²) in [4.78, 5) is -0.0457. The van der Waals surface area contributed by atoms with Gasteiger partial charge in [0.1, 0.15) is 4.90 Å². The van der Waals surface area contributed by atoms with Crippen LogP contribution in [0.1, 0.15) is 1.43 Å². The van der Waals surface area contributed by atoms with Gasteiger partial charge in [0.25, 0.3) is 10.1 Å². The van der Waals surface area contributed by atoms with Crippen molar-refractivity contribution in [1.82, 2.24) is 0 Å². The Bertz CT molecular complexity index is 584. The molecule has 2 aromatic rings. The van der Waals surface area contributed by atoms with Gasteiger partial charge in [-0.25, -0.2) is 0 Å². The van der Waals surface area contributed by atoms with Gasteiger partial charge in [-0.15, -0.1) is 0 Å². The second kappa shape index (κ2) is 6.18. The molecule has 6 heteroatoms. The number of fused-ring (bicyclic) bond motifs is 1. The molecule has 3 nitrogen and oxygen atoms in total. The van der Waals surface area contributed by atoms with Crippen molar-refractivity contribution in [2.45, 2.75) is 4.90 Å². The van der Waals surface area contributed by atoms with E-state index in [1.54, 1.807) is 30.3 Å². The van der Waals surface area contributed by atoms with Crippen LogP contribution in [0, 0.1) is 0 Å². The van der Waals surface area contributed by atoms with Crippen LogP contribution in [-0.4, -0.2) is 13.0 Å². The van der Waals surface area contributed by atoms with Gasteiger partial charge >= 0.3 is 29.6 Å². The number of benzene rings is 2. The fraction of sp³-hybridized carbons (Fsp3) is 0. The van der Waals surface area contributed by atoms with E-state index in [0.29, 0.717) is 5.39 Å². The summed E-state index contributed by atoms with van der Waals surface area (Å²) in [5.74, 6) is 0. The molecule has 0 aliphatic heterocycles. The fourth-order valence-electron chi connectivity index (χ4n) is 1.42. The first-order valence-corrected chi connectivity index (χ1v) is 5.48. The van der Waals surface area contributed by atoms with Crippen LogP contribution in [0.3, 0.4) is 0 Å². The molecule has 0 saturated heterocycles. The molecule has 16 heavy (non-hydrogen) atoms. The minimum Gasteiger partial charge on any atom is -1.00 e. The zero-order valence-electron chi connectivity index (χ0n) is 9.62. The molecule has 0 unspecified atom stereocenters. The average molecular weight is 284 g/mol. The third kappa shape index (κ3) is 3.32. The first kappa shape index (κ1) is 16.1. The summed E-state index contributed by atoms with van der Waals surface area (Å²) in [6.45, 7) is 0. The van der Waals surface area contributed by atoms with E-state index >= 15 is 0 Å². The molecule has 0 bridgehead atoms. The van der Waals surface area contributed by atoms with E-state index in [-0.39, 0.29) is 53.2 Å². The quantitative estimate of drug-likeness (QED) is 0.551. The predicted molar refractivity (Wildman–Crippen MR) is 54.9 cm³/mol. The summed E-state index contributed by atoms with van der Waals surface area (Å²) >= 11 is 0. The number of hydrogen-bond donors (Lipinski definition) is 1. The smallest absolute Gasteiger partial charge is 1.00 e. The van der Waals surface area contributed by atoms with Gasteiger partial charge in [0.05, 0.1) is 0 Å². The van der Waals surface area contributed by atoms with Gasteiger partial charge < -0.3 is 1.43 Å². The Morgan fingerprint density at radius 3 is 2.19 bits per heavy atom. The average Bonchev–Trinajstić information content (AvgIpc) is 2.15. The standard InChI is InChI=1S/C10H8O3S.Cr.Na.H/c11-14(12,13)10-7-3-5-8-4-1-2-6-9(8)10;;;/h1-7H,(H,11,12,13);;;/q;;+1;-1. The topological polar surface area (TPSA) is 54.4 Å². The third-order valence-corrected chi connectivity index (χ3v) is 2.94. The predicted octanol–water partition coefficient (Wildman–Crippen LogP) is -0.799. The molecular formula is C10H9CrNaO3S. The molecule has 80 valence electrons.